The zero-order valence-corrected chi connectivity index (χ0v) is 70.8. The number of esters is 4. The van der Waals surface area contributed by atoms with Crippen LogP contribution >= 0.6 is 15.6 Å². The van der Waals surface area contributed by atoms with E-state index in [1.54, 1.807) is 0 Å². The van der Waals surface area contributed by atoms with Crippen molar-refractivity contribution in [3.05, 3.63) is 0 Å². The predicted octanol–water partition coefficient (Wildman–Crippen LogP) is 26.2. The lowest BCUT2D eigenvalue weighted by atomic mass is 10.0. The molecule has 0 aliphatic heterocycles. The Bertz CT molecular complexity index is 2010. The van der Waals surface area contributed by atoms with Gasteiger partial charge in [0.15, 0.2) is 12.2 Å². The number of aliphatic hydroxyl groups is 1. The highest BCUT2D eigenvalue weighted by Crippen LogP contribution is 2.45. The fourth-order valence-electron chi connectivity index (χ4n) is 13.4. The lowest BCUT2D eigenvalue weighted by Gasteiger charge is -2.21. The topological polar surface area (TPSA) is 237 Å². The van der Waals surface area contributed by atoms with Gasteiger partial charge in [0.25, 0.3) is 0 Å². The molecular weight excluding hydrogens is 1370 g/mol. The number of phosphoric acid groups is 2. The van der Waals surface area contributed by atoms with Gasteiger partial charge in [0.05, 0.1) is 26.4 Å². The first-order chi connectivity index (χ1) is 50.9. The first-order valence-electron chi connectivity index (χ1n) is 44.5. The summed E-state index contributed by atoms with van der Waals surface area (Å²) in [5.74, 6) is -0.517. The Hall–Kier alpha value is -1.94. The van der Waals surface area contributed by atoms with Crippen molar-refractivity contribution >= 4 is 39.5 Å². The van der Waals surface area contributed by atoms with Gasteiger partial charge in [-0.05, 0) is 37.5 Å². The van der Waals surface area contributed by atoms with E-state index in [0.717, 1.165) is 102 Å². The van der Waals surface area contributed by atoms with E-state index < -0.39 is 97.5 Å². The average Bonchev–Trinajstić information content (AvgIpc) is 0.907. The fraction of sp³-hybridized carbons (Fsp3) is 0.953. The molecular formula is C86H168O17P2. The lowest BCUT2D eigenvalue weighted by Crippen LogP contribution is -2.30. The van der Waals surface area contributed by atoms with Gasteiger partial charge in [0.2, 0.25) is 0 Å². The highest BCUT2D eigenvalue weighted by molar-refractivity contribution is 7.47. The van der Waals surface area contributed by atoms with Crippen molar-refractivity contribution in [2.45, 2.75) is 477 Å². The quantitative estimate of drug-likeness (QED) is 0.0222. The number of hydrogen-bond acceptors (Lipinski definition) is 15. The summed E-state index contributed by atoms with van der Waals surface area (Å²) < 4.78 is 68.9. The molecule has 2 unspecified atom stereocenters. The van der Waals surface area contributed by atoms with Crippen LogP contribution in [0.4, 0.5) is 0 Å². The van der Waals surface area contributed by atoms with Crippen LogP contribution in [0.1, 0.15) is 459 Å². The molecule has 0 rings (SSSR count). The molecule has 0 aromatic carbocycles. The van der Waals surface area contributed by atoms with Crippen LogP contribution in [0.25, 0.3) is 0 Å². The van der Waals surface area contributed by atoms with E-state index in [4.69, 9.17) is 37.0 Å². The highest BCUT2D eigenvalue weighted by atomic mass is 31.2. The molecule has 0 aromatic rings. The Balaban J connectivity index is 5.25. The number of ether oxygens (including phenoxy) is 4. The molecule has 0 saturated heterocycles. The van der Waals surface area contributed by atoms with Gasteiger partial charge in [0.1, 0.15) is 19.3 Å². The molecule has 3 N–H and O–H groups in total. The van der Waals surface area contributed by atoms with Gasteiger partial charge in [0, 0.05) is 25.7 Å². The smallest absolute Gasteiger partial charge is 0.462 e. The van der Waals surface area contributed by atoms with E-state index in [1.165, 1.54) is 276 Å². The maximum atomic E-state index is 13.1. The van der Waals surface area contributed by atoms with Gasteiger partial charge in [-0.2, -0.15) is 0 Å². The van der Waals surface area contributed by atoms with Crippen LogP contribution in [0.5, 0.6) is 0 Å². The van der Waals surface area contributed by atoms with Crippen molar-refractivity contribution in [1.82, 2.24) is 0 Å². The van der Waals surface area contributed by atoms with Gasteiger partial charge in [-0.3, -0.25) is 37.3 Å². The molecule has 0 aromatic heterocycles. The summed E-state index contributed by atoms with van der Waals surface area (Å²) in [6.07, 6.45) is 69.3. The number of carbonyl (C=O) groups is 4. The third-order valence-electron chi connectivity index (χ3n) is 20.2. The molecule has 0 spiro atoms. The first kappa shape index (κ1) is 103. The van der Waals surface area contributed by atoms with Gasteiger partial charge >= 0.3 is 39.5 Å². The van der Waals surface area contributed by atoms with E-state index in [-0.39, 0.29) is 25.7 Å². The van der Waals surface area contributed by atoms with Crippen LogP contribution in [0.3, 0.4) is 0 Å². The molecule has 0 bridgehead atoms. The largest absolute Gasteiger partial charge is 0.472 e. The number of aliphatic hydroxyl groups excluding tert-OH is 1. The minimum atomic E-state index is -4.97. The molecule has 19 heteroatoms. The molecule has 0 saturated carbocycles. The van der Waals surface area contributed by atoms with Gasteiger partial charge < -0.3 is 33.8 Å². The predicted molar refractivity (Wildman–Crippen MR) is 432 cm³/mol. The SMILES string of the molecule is CCCCCCCCCCCCCCCCCCCCCCC(=O)O[C@H](COC(=O)CCCCCCCCCCCCCCCCCC(C)C)COP(=O)(O)OC[C@@H](O)COP(=O)(O)OC[C@@H](COC(=O)CCCCCCCCCCCCCC)OC(=O)CCCCCCCCCCCCCCC(C)C. The number of rotatable bonds is 85. The molecule has 5 atom stereocenters. The van der Waals surface area contributed by atoms with E-state index in [1.807, 2.05) is 0 Å². The molecule has 0 aliphatic rings. The van der Waals surface area contributed by atoms with Crippen molar-refractivity contribution in [2.75, 3.05) is 39.6 Å². The summed E-state index contributed by atoms with van der Waals surface area (Å²) in [6.45, 7) is 9.71. The Kier molecular flexibility index (Phi) is 76.0. The fourth-order valence-corrected chi connectivity index (χ4v) is 15.0. The number of phosphoric ester groups is 2. The summed E-state index contributed by atoms with van der Waals surface area (Å²) in [5.41, 5.74) is 0. The standard InChI is InChI=1S/C86H168O17P2/c1-7-9-11-13-15-17-19-21-22-23-24-25-26-29-33-40-46-52-58-64-70-85(90)102-82(75-97-84(89)69-63-57-51-45-39-32-30-27-28-31-36-42-48-54-60-66-78(3)4)77-101-105(94,95)99-73-80(87)72-98-104(92,93)100-76-81(74-96-83(88)68-62-56-50-44-38-20-18-16-14-12-10-8-2)103-86(91)71-65-59-53-47-41-35-34-37-43-49-55-61-67-79(5)6/h78-82,87H,7-77H2,1-6H3,(H,92,93)(H,94,95)/t80-,81+,82+/m0/s1. The normalized spacial score (nSPS) is 13.8. The number of unbranched alkanes of at least 4 members (excludes halogenated alkanes) is 55. The van der Waals surface area contributed by atoms with Crippen molar-refractivity contribution in [2.24, 2.45) is 11.8 Å². The molecule has 0 aliphatic carbocycles. The second kappa shape index (κ2) is 77.4. The molecule has 105 heavy (non-hydrogen) atoms. The summed E-state index contributed by atoms with van der Waals surface area (Å²) in [4.78, 5) is 73.2. The van der Waals surface area contributed by atoms with Crippen LogP contribution in [0.2, 0.25) is 0 Å². The molecule has 0 radical (unpaired) electrons. The van der Waals surface area contributed by atoms with Crippen molar-refractivity contribution < 1.29 is 80.2 Å². The summed E-state index contributed by atoms with van der Waals surface area (Å²) in [5, 5.41) is 10.7. The van der Waals surface area contributed by atoms with E-state index in [9.17, 15) is 43.2 Å². The maximum absolute atomic E-state index is 13.1. The third-order valence-corrected chi connectivity index (χ3v) is 22.1. The Labute approximate surface area is 645 Å². The lowest BCUT2D eigenvalue weighted by molar-refractivity contribution is -0.161. The zero-order valence-electron chi connectivity index (χ0n) is 69.0. The van der Waals surface area contributed by atoms with Crippen LogP contribution in [-0.4, -0.2) is 96.7 Å². The summed E-state index contributed by atoms with van der Waals surface area (Å²) in [6, 6.07) is 0. The minimum Gasteiger partial charge on any atom is -0.462 e. The second-order valence-electron chi connectivity index (χ2n) is 31.9. The Morgan fingerprint density at radius 1 is 0.257 bits per heavy atom. The monoisotopic (exact) mass is 1540 g/mol. The van der Waals surface area contributed by atoms with Crippen LogP contribution in [-0.2, 0) is 65.4 Å². The summed E-state index contributed by atoms with van der Waals surface area (Å²) >= 11 is 0. The zero-order chi connectivity index (χ0) is 77.1. The van der Waals surface area contributed by atoms with Gasteiger partial charge in [-0.1, -0.05) is 408 Å². The second-order valence-corrected chi connectivity index (χ2v) is 34.8. The molecule has 17 nitrogen and oxygen atoms in total. The molecule has 624 valence electrons. The Morgan fingerprint density at radius 3 is 0.648 bits per heavy atom. The molecule has 0 fully saturated rings. The van der Waals surface area contributed by atoms with Crippen LogP contribution in [0.15, 0.2) is 0 Å². The number of hydrogen-bond donors (Lipinski definition) is 3. The van der Waals surface area contributed by atoms with Crippen LogP contribution in [0, 0.1) is 11.8 Å². The minimum absolute atomic E-state index is 0.108. The molecule has 0 amide bonds. The van der Waals surface area contributed by atoms with Crippen molar-refractivity contribution in [1.29, 1.82) is 0 Å². The van der Waals surface area contributed by atoms with E-state index >= 15 is 0 Å². The highest BCUT2D eigenvalue weighted by Gasteiger charge is 2.30. The average molecular weight is 1540 g/mol. The maximum Gasteiger partial charge on any atom is 0.472 e. The third kappa shape index (κ3) is 79.9. The first-order valence-corrected chi connectivity index (χ1v) is 47.5. The summed E-state index contributed by atoms with van der Waals surface area (Å²) in [7, 11) is -9.93. The van der Waals surface area contributed by atoms with Gasteiger partial charge in [-0.25, -0.2) is 9.13 Å². The Morgan fingerprint density at radius 2 is 0.438 bits per heavy atom. The van der Waals surface area contributed by atoms with Gasteiger partial charge in [-0.15, -0.1) is 0 Å². The molecule has 0 heterocycles. The van der Waals surface area contributed by atoms with E-state index in [0.29, 0.717) is 25.7 Å². The van der Waals surface area contributed by atoms with E-state index in [2.05, 4.69) is 41.5 Å². The van der Waals surface area contributed by atoms with Crippen molar-refractivity contribution in [3.8, 4) is 0 Å². The number of carbonyl (C=O) groups excluding carboxylic acids is 4. The van der Waals surface area contributed by atoms with Crippen molar-refractivity contribution in [3.63, 3.8) is 0 Å². The van der Waals surface area contributed by atoms with Crippen LogP contribution < -0.4 is 0 Å².